The first kappa shape index (κ1) is 17.2. The molecule has 0 fully saturated rings. The Morgan fingerprint density at radius 1 is 1.28 bits per heavy atom. The molecular formula is C14H24ClNO2. The molecule has 0 bridgehead atoms. The number of ether oxygens (including phenoxy) is 1. The minimum Gasteiger partial charge on any atom is -0.496 e. The van der Waals surface area contributed by atoms with E-state index < -0.39 is 6.10 Å². The summed E-state index contributed by atoms with van der Waals surface area (Å²) in [7, 11) is 1.61. The van der Waals surface area contributed by atoms with Crippen LogP contribution in [0, 0.1) is 5.41 Å². The maximum atomic E-state index is 10.2. The number of para-hydroxylation sites is 1. The zero-order valence-electron chi connectivity index (χ0n) is 11.5. The van der Waals surface area contributed by atoms with Crippen LogP contribution in [0.1, 0.15) is 38.9 Å². The molecule has 0 saturated heterocycles. The van der Waals surface area contributed by atoms with Crippen LogP contribution in [0.2, 0.25) is 0 Å². The van der Waals surface area contributed by atoms with Crippen LogP contribution in [0.3, 0.4) is 0 Å². The number of aliphatic hydroxyl groups excluding tert-OH is 1. The summed E-state index contributed by atoms with van der Waals surface area (Å²) in [6.45, 7) is 6.23. The van der Waals surface area contributed by atoms with Gasteiger partial charge in [-0.2, -0.15) is 0 Å². The lowest BCUT2D eigenvalue weighted by Crippen LogP contribution is -2.36. The molecule has 3 nitrogen and oxygen atoms in total. The van der Waals surface area contributed by atoms with E-state index in [9.17, 15) is 5.11 Å². The molecule has 0 aliphatic rings. The minimum absolute atomic E-state index is 0. The van der Waals surface area contributed by atoms with E-state index in [1.807, 2.05) is 24.3 Å². The van der Waals surface area contributed by atoms with Gasteiger partial charge in [0.05, 0.1) is 13.2 Å². The van der Waals surface area contributed by atoms with Gasteiger partial charge in [-0.15, -0.1) is 12.4 Å². The van der Waals surface area contributed by atoms with Crippen LogP contribution < -0.4 is 10.5 Å². The van der Waals surface area contributed by atoms with Gasteiger partial charge in [0.1, 0.15) is 5.75 Å². The Balaban J connectivity index is 0.00000289. The molecule has 1 rings (SSSR count). The number of hydrogen-bond donors (Lipinski definition) is 2. The summed E-state index contributed by atoms with van der Waals surface area (Å²) in [6.07, 6.45) is -0.0514. The van der Waals surface area contributed by atoms with Gasteiger partial charge >= 0.3 is 0 Å². The second-order valence-electron chi connectivity index (χ2n) is 5.47. The highest BCUT2D eigenvalue weighted by Gasteiger charge is 2.25. The predicted octanol–water partition coefficient (Wildman–Crippen LogP) is 2.91. The molecule has 0 spiro atoms. The molecule has 2 atom stereocenters. The van der Waals surface area contributed by atoms with Gasteiger partial charge in [-0.3, -0.25) is 0 Å². The highest BCUT2D eigenvalue weighted by atomic mass is 35.5. The third kappa shape index (κ3) is 4.48. The van der Waals surface area contributed by atoms with Crippen molar-refractivity contribution in [2.24, 2.45) is 11.1 Å². The molecular weight excluding hydrogens is 250 g/mol. The minimum atomic E-state index is -0.583. The van der Waals surface area contributed by atoms with E-state index in [-0.39, 0.29) is 23.9 Å². The Morgan fingerprint density at radius 2 is 1.83 bits per heavy atom. The summed E-state index contributed by atoms with van der Waals surface area (Å²) in [5, 5.41) is 10.2. The molecule has 3 N–H and O–H groups in total. The second-order valence-corrected chi connectivity index (χ2v) is 5.47. The lowest BCUT2D eigenvalue weighted by Gasteiger charge is -2.29. The van der Waals surface area contributed by atoms with Crippen LogP contribution in [-0.4, -0.2) is 18.3 Å². The van der Waals surface area contributed by atoms with Crippen LogP contribution >= 0.6 is 12.4 Å². The fourth-order valence-corrected chi connectivity index (χ4v) is 1.66. The summed E-state index contributed by atoms with van der Waals surface area (Å²) in [5.74, 6) is 0.709. The maximum Gasteiger partial charge on any atom is 0.124 e. The number of nitrogens with two attached hydrogens (primary N) is 1. The van der Waals surface area contributed by atoms with E-state index in [0.717, 1.165) is 5.56 Å². The first-order chi connectivity index (χ1) is 7.86. The van der Waals surface area contributed by atoms with E-state index in [4.69, 9.17) is 10.5 Å². The summed E-state index contributed by atoms with van der Waals surface area (Å²) < 4.78 is 5.23. The van der Waals surface area contributed by atoms with Crippen molar-refractivity contribution < 1.29 is 9.84 Å². The van der Waals surface area contributed by atoms with Crippen molar-refractivity contribution in [1.29, 1.82) is 0 Å². The molecule has 104 valence electrons. The number of halogens is 1. The van der Waals surface area contributed by atoms with E-state index >= 15 is 0 Å². The zero-order valence-corrected chi connectivity index (χ0v) is 12.3. The molecule has 0 radical (unpaired) electrons. The average Bonchev–Trinajstić information content (AvgIpc) is 2.27. The Kier molecular flexibility index (Phi) is 6.68. The smallest absolute Gasteiger partial charge is 0.124 e. The standard InChI is InChI=1S/C14H23NO2.ClH/c1-14(2,3)13(15)9-11(16)10-7-5-6-8-12(10)17-4;/h5-8,11,13,16H,9,15H2,1-4H3;1H/t11-,13-;/m0./s1. The van der Waals surface area contributed by atoms with Gasteiger partial charge in [-0.05, 0) is 17.9 Å². The Labute approximate surface area is 116 Å². The number of hydrogen-bond acceptors (Lipinski definition) is 3. The molecule has 0 saturated carbocycles. The number of benzene rings is 1. The highest BCUT2D eigenvalue weighted by molar-refractivity contribution is 5.85. The van der Waals surface area contributed by atoms with Gasteiger partial charge in [-0.25, -0.2) is 0 Å². The van der Waals surface area contributed by atoms with Crippen molar-refractivity contribution in [1.82, 2.24) is 0 Å². The lowest BCUT2D eigenvalue weighted by molar-refractivity contribution is 0.130. The molecule has 0 heterocycles. The summed E-state index contributed by atoms with van der Waals surface area (Å²) >= 11 is 0. The molecule has 0 aliphatic carbocycles. The molecule has 1 aromatic carbocycles. The van der Waals surface area contributed by atoms with Gasteiger partial charge in [-0.1, -0.05) is 39.0 Å². The van der Waals surface area contributed by atoms with Crippen molar-refractivity contribution in [2.75, 3.05) is 7.11 Å². The zero-order chi connectivity index (χ0) is 13.1. The monoisotopic (exact) mass is 273 g/mol. The van der Waals surface area contributed by atoms with E-state index in [1.54, 1.807) is 7.11 Å². The summed E-state index contributed by atoms with van der Waals surface area (Å²) in [6, 6.07) is 7.45. The second kappa shape index (κ2) is 6.98. The summed E-state index contributed by atoms with van der Waals surface area (Å²) in [5.41, 5.74) is 6.87. The molecule has 0 aliphatic heterocycles. The van der Waals surface area contributed by atoms with Crippen LogP contribution in [0.5, 0.6) is 5.75 Å². The molecule has 18 heavy (non-hydrogen) atoms. The molecule has 4 heteroatoms. The Hall–Kier alpha value is -0.770. The largest absolute Gasteiger partial charge is 0.496 e. The molecule has 0 unspecified atom stereocenters. The third-order valence-corrected chi connectivity index (χ3v) is 3.09. The van der Waals surface area contributed by atoms with Gasteiger partial charge < -0.3 is 15.6 Å². The molecule has 0 aromatic heterocycles. The first-order valence-corrected chi connectivity index (χ1v) is 5.93. The van der Waals surface area contributed by atoms with Gasteiger partial charge in [0.2, 0.25) is 0 Å². The molecule has 0 amide bonds. The quantitative estimate of drug-likeness (QED) is 0.887. The fourth-order valence-electron chi connectivity index (χ4n) is 1.66. The lowest BCUT2D eigenvalue weighted by atomic mass is 9.83. The van der Waals surface area contributed by atoms with Gasteiger partial charge in [0.25, 0.3) is 0 Å². The van der Waals surface area contributed by atoms with Crippen LogP contribution in [0.25, 0.3) is 0 Å². The van der Waals surface area contributed by atoms with Crippen molar-refractivity contribution in [2.45, 2.75) is 39.3 Å². The van der Waals surface area contributed by atoms with Crippen molar-refractivity contribution >= 4 is 12.4 Å². The number of aliphatic hydroxyl groups is 1. The van der Waals surface area contributed by atoms with E-state index in [0.29, 0.717) is 12.2 Å². The van der Waals surface area contributed by atoms with E-state index in [1.165, 1.54) is 0 Å². The molecule has 1 aromatic rings. The van der Waals surface area contributed by atoms with Crippen LogP contribution in [-0.2, 0) is 0 Å². The maximum absolute atomic E-state index is 10.2. The topological polar surface area (TPSA) is 55.5 Å². The van der Waals surface area contributed by atoms with Gasteiger partial charge in [0, 0.05) is 11.6 Å². The predicted molar refractivity (Wildman–Crippen MR) is 77.2 cm³/mol. The SMILES string of the molecule is COc1ccccc1[C@@H](O)C[C@H](N)C(C)(C)C.Cl. The first-order valence-electron chi connectivity index (χ1n) is 5.93. The Morgan fingerprint density at radius 3 is 2.33 bits per heavy atom. The normalized spacial score (nSPS) is 14.6. The van der Waals surface area contributed by atoms with Crippen molar-refractivity contribution in [3.8, 4) is 5.75 Å². The van der Waals surface area contributed by atoms with Crippen LogP contribution in [0.15, 0.2) is 24.3 Å². The third-order valence-electron chi connectivity index (χ3n) is 3.09. The average molecular weight is 274 g/mol. The van der Waals surface area contributed by atoms with E-state index in [2.05, 4.69) is 20.8 Å². The fraction of sp³-hybridized carbons (Fsp3) is 0.571. The summed E-state index contributed by atoms with van der Waals surface area (Å²) in [4.78, 5) is 0. The van der Waals surface area contributed by atoms with Crippen LogP contribution in [0.4, 0.5) is 0 Å². The van der Waals surface area contributed by atoms with Gasteiger partial charge in [0.15, 0.2) is 0 Å². The Bertz CT molecular complexity index is 363. The number of rotatable bonds is 4. The highest BCUT2D eigenvalue weighted by Crippen LogP contribution is 2.31. The van der Waals surface area contributed by atoms with Crippen molar-refractivity contribution in [3.63, 3.8) is 0 Å². The number of methoxy groups -OCH3 is 1. The van der Waals surface area contributed by atoms with Crippen molar-refractivity contribution in [3.05, 3.63) is 29.8 Å².